The summed E-state index contributed by atoms with van der Waals surface area (Å²) < 4.78 is 0. The smallest absolute Gasteiger partial charge is 0.183 e. The first-order valence-corrected chi connectivity index (χ1v) is 4.54. The number of rotatable bonds is 1. The summed E-state index contributed by atoms with van der Waals surface area (Å²) in [4.78, 5) is 0. The molecule has 0 unspecified atom stereocenters. The van der Waals surface area contributed by atoms with Crippen LogP contribution >= 0.6 is 12.2 Å². The minimum Gasteiger partial charge on any atom is -0.499 e. The first kappa shape index (κ1) is 6.96. The lowest BCUT2D eigenvalue weighted by molar-refractivity contribution is 0.566. The molecule has 1 aliphatic rings. The number of hydrogen-bond donors (Lipinski definition) is 1. The van der Waals surface area contributed by atoms with Crippen LogP contribution < -0.4 is 0 Å². The molecule has 1 N–H and O–H groups in total. The molecular weight excluding hydrogens is 148 g/mol. The van der Waals surface area contributed by atoms with Crippen molar-refractivity contribution in [3.63, 3.8) is 0 Å². The van der Waals surface area contributed by atoms with E-state index >= 15 is 0 Å². The second-order valence-corrected chi connectivity index (χ2v) is 4.01. The molecule has 0 aromatic heterocycles. The first-order chi connectivity index (χ1) is 4.22. The fourth-order valence-corrected chi connectivity index (χ4v) is 2.48. The van der Waals surface area contributed by atoms with Gasteiger partial charge >= 0.3 is 0 Å². The summed E-state index contributed by atoms with van der Waals surface area (Å²) in [5.41, 5.74) is 1.07. The van der Waals surface area contributed by atoms with Crippen molar-refractivity contribution in [3.8, 4) is 0 Å². The SMILES string of the molecule is OC(=S)C1=C([SiH3])CCC1. The van der Waals surface area contributed by atoms with Crippen LogP contribution in [0, 0.1) is 0 Å². The number of aliphatic hydroxyl groups excluding tert-OH is 1. The van der Waals surface area contributed by atoms with Crippen LogP contribution in [-0.2, 0) is 0 Å². The van der Waals surface area contributed by atoms with Crippen LogP contribution in [0.2, 0.25) is 0 Å². The van der Waals surface area contributed by atoms with Gasteiger partial charge in [-0.15, -0.1) is 0 Å². The Hall–Kier alpha value is -0.153. The summed E-state index contributed by atoms with van der Waals surface area (Å²) in [7, 11) is 1.07. The fraction of sp³-hybridized carbons (Fsp3) is 0.500. The minimum atomic E-state index is 0.137. The summed E-state index contributed by atoms with van der Waals surface area (Å²) in [6.45, 7) is 0. The molecule has 0 saturated heterocycles. The van der Waals surface area contributed by atoms with E-state index in [0.717, 1.165) is 22.2 Å². The summed E-state index contributed by atoms with van der Waals surface area (Å²) in [6, 6.07) is 0. The Morgan fingerprint density at radius 3 is 2.44 bits per heavy atom. The van der Waals surface area contributed by atoms with E-state index in [1.165, 1.54) is 18.0 Å². The Bertz CT molecular complexity index is 174. The third-order valence-electron chi connectivity index (χ3n) is 1.75. The zero-order valence-electron chi connectivity index (χ0n) is 5.48. The van der Waals surface area contributed by atoms with Crippen LogP contribution in [0.4, 0.5) is 0 Å². The Labute approximate surface area is 63.2 Å². The van der Waals surface area contributed by atoms with Gasteiger partial charge in [-0.3, -0.25) is 0 Å². The molecule has 0 amide bonds. The molecule has 0 aromatic carbocycles. The van der Waals surface area contributed by atoms with Gasteiger partial charge < -0.3 is 5.11 Å². The van der Waals surface area contributed by atoms with Crippen LogP contribution in [0.25, 0.3) is 0 Å². The molecule has 0 aliphatic heterocycles. The summed E-state index contributed by atoms with van der Waals surface area (Å²) in [5, 5.41) is 10.5. The number of aliphatic hydroxyl groups is 1. The molecule has 0 saturated carbocycles. The Kier molecular flexibility index (Phi) is 2.03. The van der Waals surface area contributed by atoms with E-state index in [9.17, 15) is 0 Å². The van der Waals surface area contributed by atoms with Crippen molar-refractivity contribution < 1.29 is 5.11 Å². The quantitative estimate of drug-likeness (QED) is 0.447. The van der Waals surface area contributed by atoms with Crippen LogP contribution in [-0.4, -0.2) is 20.4 Å². The number of hydrogen-bond acceptors (Lipinski definition) is 1. The predicted octanol–water partition coefficient (Wildman–Crippen LogP) is 0.675. The Morgan fingerprint density at radius 1 is 1.56 bits per heavy atom. The second-order valence-electron chi connectivity index (χ2n) is 2.42. The molecule has 0 aromatic rings. The maximum Gasteiger partial charge on any atom is 0.183 e. The van der Waals surface area contributed by atoms with Crippen molar-refractivity contribution >= 4 is 27.5 Å². The lowest BCUT2D eigenvalue weighted by Crippen LogP contribution is -1.96. The third-order valence-corrected chi connectivity index (χ3v) is 3.10. The highest BCUT2D eigenvalue weighted by Crippen LogP contribution is 2.23. The van der Waals surface area contributed by atoms with E-state index in [4.69, 9.17) is 5.11 Å². The van der Waals surface area contributed by atoms with Gasteiger partial charge in [0.1, 0.15) is 0 Å². The van der Waals surface area contributed by atoms with E-state index in [2.05, 4.69) is 12.2 Å². The van der Waals surface area contributed by atoms with E-state index in [0.29, 0.717) is 0 Å². The van der Waals surface area contributed by atoms with Crippen molar-refractivity contribution in [2.45, 2.75) is 19.3 Å². The van der Waals surface area contributed by atoms with Gasteiger partial charge in [0.05, 0.1) is 0 Å². The molecule has 1 nitrogen and oxygen atoms in total. The highest BCUT2D eigenvalue weighted by atomic mass is 32.1. The monoisotopic (exact) mass is 158 g/mol. The first-order valence-electron chi connectivity index (χ1n) is 3.13. The van der Waals surface area contributed by atoms with Crippen molar-refractivity contribution in [1.29, 1.82) is 0 Å². The average molecular weight is 158 g/mol. The average Bonchev–Trinajstić information content (AvgIpc) is 2.13. The lowest BCUT2D eigenvalue weighted by Gasteiger charge is -1.96. The summed E-state index contributed by atoms with van der Waals surface area (Å²) in [6.07, 6.45) is 3.37. The number of allylic oxidation sites excluding steroid dienone is 1. The highest BCUT2D eigenvalue weighted by molar-refractivity contribution is 7.80. The molecule has 50 valence electrons. The molecule has 1 aliphatic carbocycles. The normalized spacial score (nSPS) is 19.1. The van der Waals surface area contributed by atoms with Crippen LogP contribution in [0.3, 0.4) is 0 Å². The second kappa shape index (κ2) is 2.62. The van der Waals surface area contributed by atoms with Crippen LogP contribution in [0.15, 0.2) is 10.8 Å². The largest absolute Gasteiger partial charge is 0.499 e. The van der Waals surface area contributed by atoms with Gasteiger partial charge in [0.2, 0.25) is 0 Å². The highest BCUT2D eigenvalue weighted by Gasteiger charge is 2.12. The van der Waals surface area contributed by atoms with Gasteiger partial charge in [-0.2, -0.15) is 0 Å². The van der Waals surface area contributed by atoms with Gasteiger partial charge in [0, 0.05) is 10.2 Å². The van der Waals surface area contributed by atoms with E-state index in [1.54, 1.807) is 0 Å². The minimum absolute atomic E-state index is 0.137. The lowest BCUT2D eigenvalue weighted by atomic mass is 10.2. The molecule has 0 radical (unpaired) electrons. The topological polar surface area (TPSA) is 20.2 Å². The van der Waals surface area contributed by atoms with Crippen molar-refractivity contribution in [2.75, 3.05) is 0 Å². The fourth-order valence-electron chi connectivity index (χ4n) is 1.18. The Balaban J connectivity index is 2.78. The van der Waals surface area contributed by atoms with Gasteiger partial charge in [-0.05, 0) is 37.1 Å². The molecule has 0 spiro atoms. The van der Waals surface area contributed by atoms with Gasteiger partial charge in [-0.1, -0.05) is 5.20 Å². The molecule has 9 heavy (non-hydrogen) atoms. The van der Waals surface area contributed by atoms with Gasteiger partial charge in [0.25, 0.3) is 0 Å². The Morgan fingerprint density at radius 2 is 2.22 bits per heavy atom. The van der Waals surface area contributed by atoms with Gasteiger partial charge in [0.15, 0.2) is 5.05 Å². The molecule has 0 atom stereocenters. The number of thiocarbonyl (C=S) groups is 1. The molecule has 1 rings (SSSR count). The zero-order valence-corrected chi connectivity index (χ0v) is 8.29. The summed E-state index contributed by atoms with van der Waals surface area (Å²) in [5.74, 6) is 0. The maximum absolute atomic E-state index is 8.92. The summed E-state index contributed by atoms with van der Waals surface area (Å²) >= 11 is 4.65. The van der Waals surface area contributed by atoms with Crippen LogP contribution in [0.1, 0.15) is 19.3 Å². The molecule has 0 bridgehead atoms. The standard InChI is InChI=1S/C6H10OSSi/c7-6(8)4-2-1-3-5(4)9/h1-3H2,9H3,(H,7,8). The predicted molar refractivity (Wildman–Crippen MR) is 46.0 cm³/mol. The molecule has 0 fully saturated rings. The van der Waals surface area contributed by atoms with Crippen molar-refractivity contribution in [3.05, 3.63) is 10.8 Å². The molecule has 0 heterocycles. The maximum atomic E-state index is 8.92. The van der Waals surface area contributed by atoms with Crippen LogP contribution in [0.5, 0.6) is 0 Å². The molecular formula is C6H10OSSi. The van der Waals surface area contributed by atoms with E-state index in [-0.39, 0.29) is 5.05 Å². The zero-order chi connectivity index (χ0) is 6.85. The van der Waals surface area contributed by atoms with Crippen molar-refractivity contribution in [2.24, 2.45) is 0 Å². The van der Waals surface area contributed by atoms with Gasteiger partial charge in [-0.25, -0.2) is 0 Å². The third kappa shape index (κ3) is 1.40. The molecule has 3 heteroatoms. The van der Waals surface area contributed by atoms with Crippen molar-refractivity contribution in [1.82, 2.24) is 0 Å². The van der Waals surface area contributed by atoms with E-state index < -0.39 is 0 Å². The van der Waals surface area contributed by atoms with E-state index in [1.807, 2.05) is 0 Å².